The third-order valence-electron chi connectivity index (χ3n) is 6.72. The molecule has 4 fully saturated rings. The van der Waals surface area contributed by atoms with Gasteiger partial charge in [-0.25, -0.2) is 4.98 Å². The van der Waals surface area contributed by atoms with Crippen molar-refractivity contribution in [2.45, 2.75) is 50.8 Å². The topological polar surface area (TPSA) is 45.2 Å². The van der Waals surface area contributed by atoms with Crippen molar-refractivity contribution in [2.75, 3.05) is 0 Å². The number of thiazole rings is 1. The fraction of sp³-hybridized carbons (Fsp3) is 0.800. The van der Waals surface area contributed by atoms with Gasteiger partial charge in [-0.1, -0.05) is 0 Å². The first-order valence-corrected chi connectivity index (χ1v) is 8.41. The van der Waals surface area contributed by atoms with Gasteiger partial charge < -0.3 is 10.4 Å². The fourth-order valence-electron chi connectivity index (χ4n) is 6.06. The van der Waals surface area contributed by atoms with Gasteiger partial charge in [0.15, 0.2) is 0 Å². The molecule has 2 unspecified atom stereocenters. The van der Waals surface area contributed by atoms with Crippen molar-refractivity contribution in [1.29, 1.82) is 0 Å². The summed E-state index contributed by atoms with van der Waals surface area (Å²) >= 11 is 1.57. The Morgan fingerprint density at radius 2 is 2.11 bits per heavy atom. The molecule has 4 heteroatoms. The molecular weight excluding hydrogens is 256 g/mol. The number of nitrogens with zero attached hydrogens (tertiary/aromatic N) is 1. The molecule has 5 rings (SSSR count). The van der Waals surface area contributed by atoms with Crippen LogP contribution in [-0.4, -0.2) is 15.6 Å². The summed E-state index contributed by atoms with van der Waals surface area (Å²) in [5.74, 6) is 3.18. The zero-order chi connectivity index (χ0) is 12.7. The molecule has 0 aromatic carbocycles. The Balaban J connectivity index is 1.32. The predicted octanol–water partition coefficient (Wildman–Crippen LogP) is 2.30. The highest BCUT2D eigenvalue weighted by atomic mass is 32.1. The van der Waals surface area contributed by atoms with Crippen LogP contribution < -0.4 is 5.32 Å². The van der Waals surface area contributed by atoms with Crippen LogP contribution in [0.1, 0.15) is 42.8 Å². The summed E-state index contributed by atoms with van der Waals surface area (Å²) in [4.78, 5) is 4.46. The third kappa shape index (κ3) is 1.24. The Hall–Kier alpha value is -0.450. The highest BCUT2D eigenvalue weighted by Gasteiger charge is 2.77. The zero-order valence-electron chi connectivity index (χ0n) is 11.1. The van der Waals surface area contributed by atoms with Gasteiger partial charge in [-0.2, -0.15) is 0 Å². The molecule has 1 heterocycles. The Bertz CT molecular complexity index is 524. The first-order valence-electron chi connectivity index (χ1n) is 7.53. The Labute approximate surface area is 117 Å². The van der Waals surface area contributed by atoms with Crippen LogP contribution in [0.5, 0.6) is 0 Å². The van der Waals surface area contributed by atoms with Crippen molar-refractivity contribution < 1.29 is 5.11 Å². The molecule has 4 aliphatic carbocycles. The minimum atomic E-state index is 0.0742. The molecule has 19 heavy (non-hydrogen) atoms. The van der Waals surface area contributed by atoms with Crippen molar-refractivity contribution in [3.8, 4) is 0 Å². The molecule has 102 valence electrons. The number of aliphatic hydroxyl groups excluding tert-OH is 1. The normalized spacial score (nSPS) is 48.8. The minimum absolute atomic E-state index is 0.0742. The van der Waals surface area contributed by atoms with E-state index < -0.39 is 0 Å². The van der Waals surface area contributed by atoms with Crippen LogP contribution in [-0.2, 0) is 13.2 Å². The van der Waals surface area contributed by atoms with Gasteiger partial charge in [-0.15, -0.1) is 11.3 Å². The maximum absolute atomic E-state index is 9.08. The zero-order valence-corrected chi connectivity index (χ0v) is 11.9. The standard InChI is InChI=1S/C15H20N2OS/c18-6-13-17-12(7-19-13)5-16-14-3-10-1-9-2-11(4-14)15(9,10)8-14/h7,9-11,16,18H,1-6,8H2. The second-order valence-corrected chi connectivity index (χ2v) is 8.23. The van der Waals surface area contributed by atoms with Crippen LogP contribution in [0.3, 0.4) is 0 Å². The number of hydrogen-bond acceptors (Lipinski definition) is 4. The van der Waals surface area contributed by atoms with E-state index in [4.69, 9.17) is 5.11 Å². The van der Waals surface area contributed by atoms with Gasteiger partial charge in [-0.3, -0.25) is 0 Å². The Morgan fingerprint density at radius 1 is 1.32 bits per heavy atom. The maximum atomic E-state index is 9.08. The van der Waals surface area contributed by atoms with Crippen LogP contribution in [0, 0.1) is 23.2 Å². The number of aliphatic hydroxyl groups is 1. The van der Waals surface area contributed by atoms with E-state index in [1.54, 1.807) is 11.3 Å². The van der Waals surface area contributed by atoms with Gasteiger partial charge in [0.1, 0.15) is 5.01 Å². The van der Waals surface area contributed by atoms with Gasteiger partial charge in [0.25, 0.3) is 0 Å². The maximum Gasteiger partial charge on any atom is 0.118 e. The number of fused-ring (bicyclic) bond motifs is 1. The molecule has 1 aromatic rings. The van der Waals surface area contributed by atoms with Crippen molar-refractivity contribution in [3.63, 3.8) is 0 Å². The smallest absolute Gasteiger partial charge is 0.118 e. The molecule has 4 aliphatic rings. The summed E-state index contributed by atoms with van der Waals surface area (Å²) in [7, 11) is 0. The van der Waals surface area contributed by atoms with Crippen molar-refractivity contribution in [2.24, 2.45) is 23.2 Å². The van der Waals surface area contributed by atoms with E-state index in [1.165, 1.54) is 32.1 Å². The molecule has 0 aliphatic heterocycles. The van der Waals surface area contributed by atoms with Crippen LogP contribution in [0.4, 0.5) is 0 Å². The van der Waals surface area contributed by atoms with E-state index in [-0.39, 0.29) is 6.61 Å². The van der Waals surface area contributed by atoms with Gasteiger partial charge in [0.2, 0.25) is 0 Å². The summed E-state index contributed by atoms with van der Waals surface area (Å²) in [6.07, 6.45) is 7.31. The molecular formula is C15H20N2OS. The molecule has 1 aromatic heterocycles. The molecule has 2 atom stereocenters. The molecule has 0 radical (unpaired) electrons. The second-order valence-electron chi connectivity index (χ2n) is 7.28. The quantitative estimate of drug-likeness (QED) is 0.887. The first-order chi connectivity index (χ1) is 9.24. The van der Waals surface area contributed by atoms with E-state index in [0.717, 1.165) is 40.4 Å². The second kappa shape index (κ2) is 3.41. The van der Waals surface area contributed by atoms with Gasteiger partial charge in [0, 0.05) is 17.5 Å². The van der Waals surface area contributed by atoms with Crippen molar-refractivity contribution >= 4 is 11.3 Å². The lowest BCUT2D eigenvalue weighted by Gasteiger charge is -2.66. The van der Waals surface area contributed by atoms with Crippen LogP contribution >= 0.6 is 11.3 Å². The molecule has 4 saturated carbocycles. The summed E-state index contributed by atoms with van der Waals surface area (Å²) in [5.41, 5.74) is 2.34. The number of nitrogens with one attached hydrogen (secondary N) is 1. The fourth-order valence-corrected chi connectivity index (χ4v) is 6.72. The van der Waals surface area contributed by atoms with Gasteiger partial charge in [0.05, 0.1) is 12.3 Å². The number of aromatic nitrogens is 1. The lowest BCUT2D eigenvalue weighted by atomic mass is 9.38. The first kappa shape index (κ1) is 11.2. The van der Waals surface area contributed by atoms with E-state index in [2.05, 4.69) is 15.7 Å². The third-order valence-corrected chi connectivity index (χ3v) is 7.60. The van der Waals surface area contributed by atoms with Crippen molar-refractivity contribution in [3.05, 3.63) is 16.1 Å². The summed E-state index contributed by atoms with van der Waals surface area (Å²) < 4.78 is 0. The predicted molar refractivity (Wildman–Crippen MR) is 73.6 cm³/mol. The van der Waals surface area contributed by atoms with Gasteiger partial charge >= 0.3 is 0 Å². The highest BCUT2D eigenvalue weighted by molar-refractivity contribution is 7.09. The summed E-state index contributed by atoms with van der Waals surface area (Å²) in [6.45, 7) is 0.960. The number of hydrogen-bond donors (Lipinski definition) is 2. The van der Waals surface area contributed by atoms with E-state index >= 15 is 0 Å². The molecule has 3 nitrogen and oxygen atoms in total. The summed E-state index contributed by atoms with van der Waals surface area (Å²) in [5, 5.41) is 15.9. The molecule has 2 bridgehead atoms. The van der Waals surface area contributed by atoms with Crippen LogP contribution in [0.25, 0.3) is 0 Å². The largest absolute Gasteiger partial charge is 0.389 e. The van der Waals surface area contributed by atoms with Crippen molar-refractivity contribution in [1.82, 2.24) is 10.3 Å². The van der Waals surface area contributed by atoms with E-state index in [9.17, 15) is 0 Å². The molecule has 0 saturated heterocycles. The number of rotatable bonds is 4. The average molecular weight is 276 g/mol. The van der Waals surface area contributed by atoms with Gasteiger partial charge in [-0.05, 0) is 55.3 Å². The van der Waals surface area contributed by atoms with Crippen LogP contribution in [0.2, 0.25) is 0 Å². The molecule has 2 N–H and O–H groups in total. The lowest BCUT2D eigenvalue weighted by Crippen LogP contribution is -2.60. The Morgan fingerprint density at radius 3 is 2.68 bits per heavy atom. The lowest BCUT2D eigenvalue weighted by molar-refractivity contribution is -0.175. The SMILES string of the molecule is OCc1nc(CNC23CC4CC5CC(C2)C54C3)cs1. The average Bonchev–Trinajstić information content (AvgIpc) is 3.03. The molecule has 0 amide bonds. The van der Waals surface area contributed by atoms with E-state index in [0.29, 0.717) is 5.54 Å². The summed E-state index contributed by atoms with van der Waals surface area (Å²) in [6, 6.07) is 0. The highest BCUT2D eigenvalue weighted by Crippen LogP contribution is 2.82. The Kier molecular flexibility index (Phi) is 2.02. The minimum Gasteiger partial charge on any atom is -0.389 e. The monoisotopic (exact) mass is 276 g/mol. The van der Waals surface area contributed by atoms with E-state index in [1.807, 2.05) is 0 Å². The molecule has 1 spiro atoms. The van der Waals surface area contributed by atoms with Crippen LogP contribution in [0.15, 0.2) is 5.38 Å².